The molecule has 0 unspecified atom stereocenters. The van der Waals surface area contributed by atoms with Gasteiger partial charge in [-0.05, 0) is 50.2 Å². The first-order chi connectivity index (χ1) is 15.6. The molecular weight excluding hydrogens is 398 g/mol. The van der Waals surface area contributed by atoms with Crippen LogP contribution in [0.1, 0.15) is 29.3 Å². The van der Waals surface area contributed by atoms with Crippen LogP contribution in [0.25, 0.3) is 11.0 Å². The predicted molar refractivity (Wildman–Crippen MR) is 127 cm³/mol. The van der Waals surface area contributed by atoms with E-state index in [1.165, 1.54) is 11.1 Å². The number of ether oxygens (including phenoxy) is 1. The standard InChI is InChI=1S/C27H27N3O2/c1-19-7-11-22(12-8-19)30-18-21(17-26(30)31)27-28-24-5-3-4-6-25(24)29(27)15-16-32-23-13-9-20(2)10-14-23/h3-14,21H,15-18H2,1-2H3/t21-/m1/s1. The van der Waals surface area contributed by atoms with Crippen molar-refractivity contribution in [1.29, 1.82) is 0 Å². The molecule has 162 valence electrons. The largest absolute Gasteiger partial charge is 0.492 e. The fraction of sp³-hybridized carbons (Fsp3) is 0.259. The molecular formula is C27H27N3O2. The summed E-state index contributed by atoms with van der Waals surface area (Å²) in [6, 6.07) is 24.4. The number of amides is 1. The van der Waals surface area contributed by atoms with E-state index in [1.807, 2.05) is 59.5 Å². The van der Waals surface area contributed by atoms with E-state index < -0.39 is 0 Å². The third-order valence-electron chi connectivity index (χ3n) is 6.12. The Morgan fingerprint density at radius 1 is 0.938 bits per heavy atom. The van der Waals surface area contributed by atoms with Gasteiger partial charge in [0.15, 0.2) is 0 Å². The summed E-state index contributed by atoms with van der Waals surface area (Å²) in [5.74, 6) is 2.02. The van der Waals surface area contributed by atoms with Gasteiger partial charge in [0.2, 0.25) is 5.91 Å². The third kappa shape index (κ3) is 3.98. The molecule has 1 atom stereocenters. The lowest BCUT2D eigenvalue weighted by atomic mass is 10.1. The summed E-state index contributed by atoms with van der Waals surface area (Å²) in [6.07, 6.45) is 0.468. The molecule has 1 fully saturated rings. The Balaban J connectivity index is 1.39. The van der Waals surface area contributed by atoms with Gasteiger partial charge >= 0.3 is 0 Å². The number of hydrogen-bond donors (Lipinski definition) is 0. The van der Waals surface area contributed by atoms with Crippen molar-refractivity contribution >= 4 is 22.6 Å². The zero-order valence-electron chi connectivity index (χ0n) is 18.5. The number of aryl methyl sites for hydroxylation is 2. The highest BCUT2D eigenvalue weighted by molar-refractivity contribution is 5.96. The molecule has 1 saturated heterocycles. The molecule has 0 radical (unpaired) electrons. The van der Waals surface area contributed by atoms with Crippen molar-refractivity contribution in [2.75, 3.05) is 18.1 Å². The quantitative estimate of drug-likeness (QED) is 0.424. The van der Waals surface area contributed by atoms with E-state index in [9.17, 15) is 4.79 Å². The Hall–Kier alpha value is -3.60. The Kier molecular flexibility index (Phi) is 5.39. The molecule has 32 heavy (non-hydrogen) atoms. The number of para-hydroxylation sites is 2. The summed E-state index contributed by atoms with van der Waals surface area (Å²) in [5, 5.41) is 0. The van der Waals surface area contributed by atoms with Crippen molar-refractivity contribution in [2.24, 2.45) is 0 Å². The Labute approximate surface area is 188 Å². The van der Waals surface area contributed by atoms with E-state index in [1.54, 1.807) is 0 Å². The van der Waals surface area contributed by atoms with E-state index >= 15 is 0 Å². The summed E-state index contributed by atoms with van der Waals surface area (Å²) in [5.41, 5.74) is 5.39. The number of hydrogen-bond acceptors (Lipinski definition) is 3. The van der Waals surface area contributed by atoms with Crippen molar-refractivity contribution in [3.05, 3.63) is 89.7 Å². The summed E-state index contributed by atoms with van der Waals surface area (Å²) in [7, 11) is 0. The van der Waals surface area contributed by atoms with Crippen LogP contribution in [0.4, 0.5) is 5.69 Å². The van der Waals surface area contributed by atoms with Gasteiger partial charge in [-0.25, -0.2) is 4.98 Å². The van der Waals surface area contributed by atoms with Gasteiger partial charge in [-0.3, -0.25) is 4.79 Å². The van der Waals surface area contributed by atoms with E-state index in [4.69, 9.17) is 9.72 Å². The predicted octanol–water partition coefficient (Wildman–Crippen LogP) is 5.25. The first kappa shape index (κ1) is 20.3. The maximum Gasteiger partial charge on any atom is 0.227 e. The molecule has 0 aliphatic carbocycles. The number of nitrogens with zero attached hydrogens (tertiary/aromatic N) is 3. The van der Waals surface area contributed by atoms with Crippen LogP contribution in [0.5, 0.6) is 5.75 Å². The number of rotatable bonds is 6. The number of carbonyl (C=O) groups excluding carboxylic acids is 1. The van der Waals surface area contributed by atoms with Gasteiger partial charge in [-0.2, -0.15) is 0 Å². The number of aromatic nitrogens is 2. The van der Waals surface area contributed by atoms with Crippen LogP contribution in [-0.4, -0.2) is 28.6 Å². The fourth-order valence-corrected chi connectivity index (χ4v) is 4.38. The molecule has 2 heterocycles. The molecule has 1 aromatic heterocycles. The van der Waals surface area contributed by atoms with E-state index in [-0.39, 0.29) is 11.8 Å². The molecule has 0 bridgehead atoms. The molecule has 5 heteroatoms. The highest BCUT2D eigenvalue weighted by atomic mass is 16.5. The van der Waals surface area contributed by atoms with Crippen LogP contribution < -0.4 is 9.64 Å². The molecule has 5 nitrogen and oxygen atoms in total. The van der Waals surface area contributed by atoms with Gasteiger partial charge in [0, 0.05) is 24.6 Å². The molecule has 1 aliphatic heterocycles. The number of benzene rings is 3. The van der Waals surface area contributed by atoms with Gasteiger partial charge in [-0.15, -0.1) is 0 Å². The van der Waals surface area contributed by atoms with Crippen molar-refractivity contribution < 1.29 is 9.53 Å². The lowest BCUT2D eigenvalue weighted by molar-refractivity contribution is -0.117. The minimum atomic E-state index is 0.0515. The molecule has 0 N–H and O–H groups in total. The van der Waals surface area contributed by atoms with Gasteiger partial charge in [0.25, 0.3) is 0 Å². The summed E-state index contributed by atoms with van der Waals surface area (Å²) < 4.78 is 8.22. The smallest absolute Gasteiger partial charge is 0.227 e. The summed E-state index contributed by atoms with van der Waals surface area (Å²) in [4.78, 5) is 19.7. The molecule has 4 aromatic rings. The fourth-order valence-electron chi connectivity index (χ4n) is 4.38. The zero-order chi connectivity index (χ0) is 22.1. The third-order valence-corrected chi connectivity index (χ3v) is 6.12. The van der Waals surface area contributed by atoms with Crippen molar-refractivity contribution in [1.82, 2.24) is 9.55 Å². The van der Waals surface area contributed by atoms with Crippen LogP contribution in [0.15, 0.2) is 72.8 Å². The number of carbonyl (C=O) groups is 1. The Bertz CT molecular complexity index is 1240. The van der Waals surface area contributed by atoms with Gasteiger partial charge in [0.05, 0.1) is 17.6 Å². The van der Waals surface area contributed by atoms with E-state index in [0.29, 0.717) is 26.1 Å². The van der Waals surface area contributed by atoms with Crippen LogP contribution in [0, 0.1) is 13.8 Å². The van der Waals surface area contributed by atoms with Crippen LogP contribution in [0.2, 0.25) is 0 Å². The van der Waals surface area contributed by atoms with Crippen LogP contribution in [0.3, 0.4) is 0 Å². The summed E-state index contributed by atoms with van der Waals surface area (Å²) >= 11 is 0. The molecule has 1 aliphatic rings. The monoisotopic (exact) mass is 425 g/mol. The molecule has 0 spiro atoms. The van der Waals surface area contributed by atoms with Crippen LogP contribution in [-0.2, 0) is 11.3 Å². The Morgan fingerprint density at radius 3 is 2.38 bits per heavy atom. The number of fused-ring (bicyclic) bond motifs is 1. The first-order valence-electron chi connectivity index (χ1n) is 11.1. The topological polar surface area (TPSA) is 47.4 Å². The van der Waals surface area contributed by atoms with Gasteiger partial charge in [0.1, 0.15) is 18.2 Å². The second kappa shape index (κ2) is 8.50. The second-order valence-electron chi connectivity index (χ2n) is 8.51. The number of imidazole rings is 1. The lowest BCUT2D eigenvalue weighted by Gasteiger charge is -2.18. The average molecular weight is 426 g/mol. The first-order valence-corrected chi connectivity index (χ1v) is 11.1. The minimum absolute atomic E-state index is 0.0515. The SMILES string of the molecule is Cc1ccc(OCCn2c([C@@H]3CC(=O)N(c4ccc(C)cc4)C3)nc3ccccc32)cc1. The highest BCUT2D eigenvalue weighted by Gasteiger charge is 2.34. The van der Waals surface area contributed by atoms with Crippen molar-refractivity contribution in [3.8, 4) is 5.75 Å². The second-order valence-corrected chi connectivity index (χ2v) is 8.51. The normalized spacial score (nSPS) is 16.1. The van der Waals surface area contributed by atoms with Gasteiger partial charge in [-0.1, -0.05) is 47.5 Å². The van der Waals surface area contributed by atoms with E-state index in [2.05, 4.69) is 36.6 Å². The Morgan fingerprint density at radius 2 is 1.62 bits per heavy atom. The number of anilines is 1. The lowest BCUT2D eigenvalue weighted by Crippen LogP contribution is -2.24. The maximum atomic E-state index is 12.9. The highest BCUT2D eigenvalue weighted by Crippen LogP contribution is 2.33. The molecule has 5 rings (SSSR count). The molecule has 1 amide bonds. The van der Waals surface area contributed by atoms with Crippen molar-refractivity contribution in [2.45, 2.75) is 32.7 Å². The maximum absolute atomic E-state index is 12.9. The van der Waals surface area contributed by atoms with Crippen molar-refractivity contribution in [3.63, 3.8) is 0 Å². The molecule has 3 aromatic carbocycles. The average Bonchev–Trinajstić information content (AvgIpc) is 3.36. The zero-order valence-corrected chi connectivity index (χ0v) is 18.5. The molecule has 0 saturated carbocycles. The summed E-state index contributed by atoms with van der Waals surface area (Å²) in [6.45, 7) is 5.98. The van der Waals surface area contributed by atoms with Crippen LogP contribution >= 0.6 is 0 Å². The van der Waals surface area contributed by atoms with E-state index in [0.717, 1.165) is 28.3 Å². The van der Waals surface area contributed by atoms with Gasteiger partial charge < -0.3 is 14.2 Å². The minimum Gasteiger partial charge on any atom is -0.492 e.